The van der Waals surface area contributed by atoms with Crippen LogP contribution in [0.15, 0.2) is 42.5 Å². The van der Waals surface area contributed by atoms with Crippen molar-refractivity contribution in [1.82, 2.24) is 10.6 Å². The molecule has 1 aliphatic rings. The number of amides is 1. The maximum Gasteiger partial charge on any atom is 0.237 e. The number of rotatable bonds is 3. The fourth-order valence-corrected chi connectivity index (χ4v) is 2.94. The minimum atomic E-state index is -0.423. The molecule has 0 spiro atoms. The molecule has 2 aromatic carbocycles. The van der Waals surface area contributed by atoms with Gasteiger partial charge >= 0.3 is 0 Å². The molecule has 1 saturated heterocycles. The zero-order valence-corrected chi connectivity index (χ0v) is 13.3. The Kier molecular flexibility index (Phi) is 5.40. The van der Waals surface area contributed by atoms with Crippen LogP contribution in [0.4, 0.5) is 0 Å². The summed E-state index contributed by atoms with van der Waals surface area (Å²) in [6, 6.07) is 13.9. The minimum absolute atomic E-state index is 0. The molecule has 0 aliphatic carbocycles. The zero-order valence-electron chi connectivity index (χ0n) is 12.5. The van der Waals surface area contributed by atoms with Crippen molar-refractivity contribution in [2.75, 3.05) is 6.54 Å². The number of hydrogen-bond donors (Lipinski definition) is 3. The lowest BCUT2D eigenvalue weighted by Gasteiger charge is -2.19. The lowest BCUT2D eigenvalue weighted by atomic mass is 9.99. The first-order chi connectivity index (χ1) is 10.1. The first-order valence-corrected chi connectivity index (χ1v) is 7.34. The molecule has 3 atom stereocenters. The van der Waals surface area contributed by atoms with E-state index >= 15 is 0 Å². The van der Waals surface area contributed by atoms with Crippen LogP contribution in [0.5, 0.6) is 0 Å². The Morgan fingerprint density at radius 2 is 2.00 bits per heavy atom. The van der Waals surface area contributed by atoms with Crippen molar-refractivity contribution in [3.63, 3.8) is 0 Å². The minimum Gasteiger partial charge on any atom is -0.392 e. The van der Waals surface area contributed by atoms with Crippen molar-refractivity contribution in [2.45, 2.75) is 31.5 Å². The molecule has 0 radical (unpaired) electrons. The van der Waals surface area contributed by atoms with E-state index in [1.54, 1.807) is 0 Å². The van der Waals surface area contributed by atoms with Gasteiger partial charge in [0.1, 0.15) is 0 Å². The first kappa shape index (κ1) is 16.7. The van der Waals surface area contributed by atoms with E-state index in [-0.39, 0.29) is 30.4 Å². The molecule has 118 valence electrons. The van der Waals surface area contributed by atoms with E-state index in [2.05, 4.69) is 28.8 Å². The van der Waals surface area contributed by atoms with Gasteiger partial charge in [0.25, 0.3) is 0 Å². The highest BCUT2D eigenvalue weighted by atomic mass is 35.5. The van der Waals surface area contributed by atoms with Crippen LogP contribution in [0.2, 0.25) is 0 Å². The average molecular weight is 321 g/mol. The number of halogens is 1. The van der Waals surface area contributed by atoms with Gasteiger partial charge in [-0.1, -0.05) is 42.5 Å². The molecule has 4 nitrogen and oxygen atoms in total. The number of β-amino-alcohol motifs (C(OH)–C–C–N with tert-alkyl or cyclic N) is 1. The lowest BCUT2D eigenvalue weighted by Crippen LogP contribution is -2.41. The predicted molar refractivity (Wildman–Crippen MR) is 90.2 cm³/mol. The fourth-order valence-electron chi connectivity index (χ4n) is 2.94. The predicted octanol–water partition coefficient (Wildman–Crippen LogP) is 2.16. The number of benzene rings is 2. The number of carbonyl (C=O) groups excluding carboxylic acids is 1. The zero-order chi connectivity index (χ0) is 14.8. The van der Waals surface area contributed by atoms with Gasteiger partial charge in [0, 0.05) is 6.54 Å². The Hall–Kier alpha value is -1.62. The van der Waals surface area contributed by atoms with Gasteiger partial charge in [-0.3, -0.25) is 4.79 Å². The van der Waals surface area contributed by atoms with Crippen LogP contribution in [0.25, 0.3) is 10.8 Å². The van der Waals surface area contributed by atoms with Gasteiger partial charge in [-0.05, 0) is 29.7 Å². The summed E-state index contributed by atoms with van der Waals surface area (Å²) in [7, 11) is 0. The van der Waals surface area contributed by atoms with E-state index in [0.29, 0.717) is 13.0 Å². The smallest absolute Gasteiger partial charge is 0.237 e. The lowest BCUT2D eigenvalue weighted by molar-refractivity contribution is -0.123. The van der Waals surface area contributed by atoms with E-state index in [4.69, 9.17) is 0 Å². The fraction of sp³-hybridized carbons (Fsp3) is 0.353. The summed E-state index contributed by atoms with van der Waals surface area (Å²) in [6.45, 7) is 2.48. The second-order valence-corrected chi connectivity index (χ2v) is 5.65. The molecule has 3 unspecified atom stereocenters. The molecular weight excluding hydrogens is 300 g/mol. The van der Waals surface area contributed by atoms with E-state index in [1.165, 1.54) is 5.39 Å². The molecule has 0 aromatic heterocycles. The Labute approximate surface area is 136 Å². The van der Waals surface area contributed by atoms with E-state index in [0.717, 1.165) is 10.9 Å². The topological polar surface area (TPSA) is 61.4 Å². The summed E-state index contributed by atoms with van der Waals surface area (Å²) >= 11 is 0. The molecule has 1 aliphatic heterocycles. The Morgan fingerprint density at radius 3 is 2.73 bits per heavy atom. The van der Waals surface area contributed by atoms with Crippen molar-refractivity contribution in [3.05, 3.63) is 48.0 Å². The highest BCUT2D eigenvalue weighted by molar-refractivity contribution is 5.87. The standard InChI is InChI=1S/C17H20N2O2.ClH/c1-11(19-17(21)16-9-13(20)10-18-16)14-8-4-6-12-5-2-3-7-15(12)14;/h2-8,11,13,16,18,20H,9-10H2,1H3,(H,19,21);1H. The molecule has 3 rings (SSSR count). The number of hydrogen-bond acceptors (Lipinski definition) is 3. The monoisotopic (exact) mass is 320 g/mol. The summed E-state index contributed by atoms with van der Waals surface area (Å²) in [5.41, 5.74) is 1.11. The van der Waals surface area contributed by atoms with Crippen LogP contribution < -0.4 is 10.6 Å². The quantitative estimate of drug-likeness (QED) is 0.812. The highest BCUT2D eigenvalue weighted by Gasteiger charge is 2.28. The Balaban J connectivity index is 0.00000176. The van der Waals surface area contributed by atoms with Gasteiger partial charge in [0.15, 0.2) is 0 Å². The van der Waals surface area contributed by atoms with Gasteiger partial charge in [-0.2, -0.15) is 0 Å². The second kappa shape index (κ2) is 7.09. The van der Waals surface area contributed by atoms with Crippen LogP contribution >= 0.6 is 12.4 Å². The summed E-state index contributed by atoms with van der Waals surface area (Å²) < 4.78 is 0. The van der Waals surface area contributed by atoms with Gasteiger partial charge in [0.05, 0.1) is 18.2 Å². The van der Waals surface area contributed by atoms with Crippen LogP contribution in [0, 0.1) is 0 Å². The van der Waals surface area contributed by atoms with Gasteiger partial charge in [-0.25, -0.2) is 0 Å². The van der Waals surface area contributed by atoms with Crippen molar-refractivity contribution in [3.8, 4) is 0 Å². The van der Waals surface area contributed by atoms with E-state index < -0.39 is 6.10 Å². The second-order valence-electron chi connectivity index (χ2n) is 5.65. The summed E-state index contributed by atoms with van der Waals surface area (Å²) in [6.07, 6.45) is 0.0577. The summed E-state index contributed by atoms with van der Waals surface area (Å²) in [5.74, 6) is -0.0491. The third kappa shape index (κ3) is 3.40. The van der Waals surface area contributed by atoms with Gasteiger partial charge in [0.2, 0.25) is 5.91 Å². The molecule has 22 heavy (non-hydrogen) atoms. The van der Waals surface area contributed by atoms with E-state index in [9.17, 15) is 9.90 Å². The van der Waals surface area contributed by atoms with Crippen molar-refractivity contribution < 1.29 is 9.90 Å². The van der Waals surface area contributed by atoms with Crippen LogP contribution in [0.3, 0.4) is 0 Å². The summed E-state index contributed by atoms with van der Waals surface area (Å²) in [4.78, 5) is 12.2. The van der Waals surface area contributed by atoms with Crippen LogP contribution in [-0.4, -0.2) is 29.7 Å². The van der Waals surface area contributed by atoms with Crippen molar-refractivity contribution >= 4 is 29.1 Å². The maximum absolute atomic E-state index is 12.2. The first-order valence-electron chi connectivity index (χ1n) is 7.34. The molecule has 0 saturated carbocycles. The number of aliphatic hydroxyl groups excluding tert-OH is 1. The molecule has 2 aromatic rings. The molecule has 0 bridgehead atoms. The largest absolute Gasteiger partial charge is 0.392 e. The number of carbonyl (C=O) groups is 1. The third-order valence-corrected chi connectivity index (χ3v) is 4.07. The van der Waals surface area contributed by atoms with Crippen molar-refractivity contribution in [2.24, 2.45) is 0 Å². The molecule has 1 amide bonds. The molecule has 1 heterocycles. The average Bonchev–Trinajstić information content (AvgIpc) is 2.93. The highest BCUT2D eigenvalue weighted by Crippen LogP contribution is 2.24. The van der Waals surface area contributed by atoms with E-state index in [1.807, 2.05) is 31.2 Å². The van der Waals surface area contributed by atoms with Crippen LogP contribution in [-0.2, 0) is 4.79 Å². The normalized spacial score (nSPS) is 22.1. The van der Waals surface area contributed by atoms with Gasteiger partial charge < -0.3 is 15.7 Å². The van der Waals surface area contributed by atoms with Gasteiger partial charge in [-0.15, -0.1) is 12.4 Å². The molecule has 1 fully saturated rings. The number of fused-ring (bicyclic) bond motifs is 1. The SMILES string of the molecule is CC(NC(=O)C1CC(O)CN1)c1cccc2ccccc12.Cl. The number of nitrogens with one attached hydrogen (secondary N) is 2. The molecule has 3 N–H and O–H groups in total. The Morgan fingerprint density at radius 1 is 1.27 bits per heavy atom. The third-order valence-electron chi connectivity index (χ3n) is 4.07. The molecule has 5 heteroatoms. The van der Waals surface area contributed by atoms with Crippen molar-refractivity contribution in [1.29, 1.82) is 0 Å². The Bertz CT molecular complexity index is 657. The molecular formula is C17H21ClN2O2. The summed E-state index contributed by atoms with van der Waals surface area (Å²) in [5, 5.41) is 17.9. The van der Waals surface area contributed by atoms with Crippen LogP contribution in [0.1, 0.15) is 24.9 Å². The maximum atomic E-state index is 12.2. The number of aliphatic hydroxyl groups is 1.